The van der Waals surface area contributed by atoms with Gasteiger partial charge in [-0.15, -0.1) is 11.3 Å². The molecule has 2 fully saturated rings. The van der Waals surface area contributed by atoms with Crippen LogP contribution in [0.2, 0.25) is 0 Å². The smallest absolute Gasteiger partial charge is 0.350 e. The van der Waals surface area contributed by atoms with Crippen LogP contribution in [0.1, 0.15) is 53.8 Å². The van der Waals surface area contributed by atoms with Crippen LogP contribution >= 0.6 is 11.3 Å². The Morgan fingerprint density at radius 1 is 1.26 bits per heavy atom. The Hall–Kier alpha value is -1.40. The van der Waals surface area contributed by atoms with Gasteiger partial charge in [-0.1, -0.05) is 12.8 Å². The predicted octanol–water partition coefficient (Wildman–Crippen LogP) is 3.19. The van der Waals surface area contributed by atoms with Gasteiger partial charge in [-0.25, -0.2) is 4.79 Å². The van der Waals surface area contributed by atoms with Crippen molar-refractivity contribution in [3.8, 4) is 0 Å². The number of nitrogens with zero attached hydrogens (tertiary/aromatic N) is 1. The quantitative estimate of drug-likeness (QED) is 0.839. The lowest BCUT2D eigenvalue weighted by atomic mass is 10.2. The van der Waals surface area contributed by atoms with Crippen LogP contribution in [0.15, 0.2) is 5.38 Å². The van der Waals surface area contributed by atoms with Gasteiger partial charge in [0.05, 0.1) is 12.2 Å². The zero-order valence-corrected chi connectivity index (χ0v) is 14.4. The Morgan fingerprint density at radius 3 is 2.61 bits per heavy atom. The van der Waals surface area contributed by atoms with E-state index in [4.69, 9.17) is 4.74 Å². The number of carbonyl (C=O) groups is 2. The molecule has 0 atom stereocenters. The van der Waals surface area contributed by atoms with Gasteiger partial charge in [0, 0.05) is 0 Å². The van der Waals surface area contributed by atoms with Crippen LogP contribution < -0.4 is 5.32 Å². The number of carbonyl (C=O) groups excluding carboxylic acids is 2. The number of amides is 1. The molecule has 1 saturated carbocycles. The molecule has 23 heavy (non-hydrogen) atoms. The molecule has 3 rings (SSSR count). The van der Waals surface area contributed by atoms with E-state index >= 15 is 0 Å². The second-order valence-corrected chi connectivity index (χ2v) is 7.35. The molecule has 5 nitrogen and oxygen atoms in total. The Morgan fingerprint density at radius 2 is 1.96 bits per heavy atom. The van der Waals surface area contributed by atoms with E-state index in [0.717, 1.165) is 44.3 Å². The number of hydrogen-bond acceptors (Lipinski definition) is 5. The molecule has 1 N–H and O–H groups in total. The minimum atomic E-state index is -0.310. The highest BCUT2D eigenvalue weighted by atomic mass is 32.1. The number of esters is 1. The van der Waals surface area contributed by atoms with Gasteiger partial charge >= 0.3 is 5.97 Å². The number of likely N-dealkylation sites (tertiary alicyclic amines) is 1. The molecule has 126 valence electrons. The lowest BCUT2D eigenvalue weighted by Gasteiger charge is -2.19. The van der Waals surface area contributed by atoms with Crippen molar-refractivity contribution in [2.45, 2.75) is 51.6 Å². The summed E-state index contributed by atoms with van der Waals surface area (Å²) in [5, 5.41) is 4.82. The standard InChI is InChI=1S/C17H24N2O3S/c1-12-11-23-16(17(21)22-13-6-7-13)15(12)18-14(20)10-19-8-4-2-3-5-9-19/h11,13H,2-10H2,1H3,(H,18,20). The molecule has 0 spiro atoms. The van der Waals surface area contributed by atoms with Gasteiger partial charge in [0.1, 0.15) is 11.0 Å². The fraction of sp³-hybridized carbons (Fsp3) is 0.647. The highest BCUT2D eigenvalue weighted by Crippen LogP contribution is 2.31. The summed E-state index contributed by atoms with van der Waals surface area (Å²) in [6.45, 7) is 4.26. The molecule has 2 aliphatic rings. The molecule has 1 aliphatic carbocycles. The van der Waals surface area contributed by atoms with Crippen molar-refractivity contribution in [1.29, 1.82) is 0 Å². The average molecular weight is 336 g/mol. The third-order valence-corrected chi connectivity index (χ3v) is 5.37. The summed E-state index contributed by atoms with van der Waals surface area (Å²) in [5.41, 5.74) is 1.54. The zero-order valence-electron chi connectivity index (χ0n) is 13.6. The van der Waals surface area contributed by atoms with E-state index < -0.39 is 0 Å². The van der Waals surface area contributed by atoms with E-state index in [1.807, 2.05) is 12.3 Å². The molecule has 0 aromatic carbocycles. The van der Waals surface area contributed by atoms with E-state index in [2.05, 4.69) is 10.2 Å². The molecule has 2 heterocycles. The van der Waals surface area contributed by atoms with Crippen molar-refractivity contribution in [2.24, 2.45) is 0 Å². The molecule has 1 aromatic heterocycles. The van der Waals surface area contributed by atoms with Crippen molar-refractivity contribution in [2.75, 3.05) is 25.0 Å². The Labute approximate surface area is 141 Å². The fourth-order valence-corrected chi connectivity index (χ4v) is 3.70. The second kappa shape index (κ2) is 7.45. The maximum absolute atomic E-state index is 12.4. The Kier molecular flexibility index (Phi) is 5.33. The number of ether oxygens (including phenoxy) is 1. The van der Waals surface area contributed by atoms with Crippen LogP contribution in [-0.4, -0.2) is 42.5 Å². The molecule has 0 bridgehead atoms. The van der Waals surface area contributed by atoms with E-state index in [1.165, 1.54) is 24.2 Å². The largest absolute Gasteiger partial charge is 0.458 e. The molecule has 1 saturated heterocycles. The summed E-state index contributed by atoms with van der Waals surface area (Å²) >= 11 is 1.34. The summed E-state index contributed by atoms with van der Waals surface area (Å²) < 4.78 is 5.36. The SMILES string of the molecule is Cc1csc(C(=O)OC2CC2)c1NC(=O)CN1CCCCCC1. The molecular formula is C17H24N2O3S. The second-order valence-electron chi connectivity index (χ2n) is 6.47. The van der Waals surface area contributed by atoms with Gasteiger partial charge in [0.25, 0.3) is 0 Å². The van der Waals surface area contributed by atoms with E-state index in [-0.39, 0.29) is 18.0 Å². The lowest BCUT2D eigenvalue weighted by Crippen LogP contribution is -2.34. The van der Waals surface area contributed by atoms with Crippen molar-refractivity contribution in [3.05, 3.63) is 15.8 Å². The molecule has 1 aliphatic heterocycles. The summed E-state index contributed by atoms with van der Waals surface area (Å²) in [7, 11) is 0. The third-order valence-electron chi connectivity index (χ3n) is 4.29. The van der Waals surface area contributed by atoms with Crippen molar-refractivity contribution in [3.63, 3.8) is 0 Å². The highest BCUT2D eigenvalue weighted by Gasteiger charge is 2.29. The first-order chi connectivity index (χ1) is 11.1. The molecule has 0 radical (unpaired) electrons. The minimum Gasteiger partial charge on any atom is -0.458 e. The number of thiophene rings is 1. The van der Waals surface area contributed by atoms with Crippen LogP contribution in [0.25, 0.3) is 0 Å². The number of hydrogen-bond donors (Lipinski definition) is 1. The number of nitrogens with one attached hydrogen (secondary N) is 1. The molecule has 0 unspecified atom stereocenters. The van der Waals surface area contributed by atoms with E-state index in [0.29, 0.717) is 17.1 Å². The predicted molar refractivity (Wildman–Crippen MR) is 91.0 cm³/mol. The monoisotopic (exact) mass is 336 g/mol. The van der Waals surface area contributed by atoms with Crippen LogP contribution in [0.5, 0.6) is 0 Å². The van der Waals surface area contributed by atoms with E-state index in [1.54, 1.807) is 0 Å². The van der Waals surface area contributed by atoms with Gasteiger partial charge < -0.3 is 10.1 Å². The van der Waals surface area contributed by atoms with Crippen molar-refractivity contribution >= 4 is 28.9 Å². The van der Waals surface area contributed by atoms with Crippen molar-refractivity contribution < 1.29 is 14.3 Å². The van der Waals surface area contributed by atoms with E-state index in [9.17, 15) is 9.59 Å². The maximum Gasteiger partial charge on any atom is 0.350 e. The van der Waals surface area contributed by atoms with Crippen LogP contribution in [-0.2, 0) is 9.53 Å². The summed E-state index contributed by atoms with van der Waals surface area (Å²) in [4.78, 5) is 27.2. The first kappa shape index (κ1) is 16.5. The number of rotatable bonds is 5. The normalized spacial score (nSPS) is 19.2. The lowest BCUT2D eigenvalue weighted by molar-refractivity contribution is -0.117. The van der Waals surface area contributed by atoms with Gasteiger partial charge in [-0.3, -0.25) is 9.69 Å². The Balaban J connectivity index is 1.60. The third kappa shape index (κ3) is 4.54. The van der Waals surface area contributed by atoms with Gasteiger partial charge in [-0.2, -0.15) is 0 Å². The van der Waals surface area contributed by atoms with Gasteiger partial charge in [-0.05, 0) is 56.6 Å². The maximum atomic E-state index is 12.4. The molecule has 1 aromatic rings. The zero-order chi connectivity index (χ0) is 16.2. The number of aryl methyl sites for hydroxylation is 1. The van der Waals surface area contributed by atoms with Gasteiger partial charge in [0.15, 0.2) is 0 Å². The van der Waals surface area contributed by atoms with Crippen LogP contribution in [0, 0.1) is 6.92 Å². The number of anilines is 1. The Bertz CT molecular complexity index is 572. The first-order valence-corrected chi connectivity index (χ1v) is 9.32. The summed E-state index contributed by atoms with van der Waals surface area (Å²) in [6, 6.07) is 0. The first-order valence-electron chi connectivity index (χ1n) is 8.45. The minimum absolute atomic E-state index is 0.0473. The highest BCUT2D eigenvalue weighted by molar-refractivity contribution is 7.12. The summed E-state index contributed by atoms with van der Waals surface area (Å²) in [6.07, 6.45) is 6.79. The van der Waals surface area contributed by atoms with Crippen LogP contribution in [0.4, 0.5) is 5.69 Å². The molecule has 6 heteroatoms. The summed E-state index contributed by atoms with van der Waals surface area (Å²) in [5.74, 6) is -0.357. The molecule has 1 amide bonds. The van der Waals surface area contributed by atoms with Crippen molar-refractivity contribution in [1.82, 2.24) is 4.90 Å². The molecular weight excluding hydrogens is 312 g/mol. The topological polar surface area (TPSA) is 58.6 Å². The fourth-order valence-electron chi connectivity index (χ4n) is 2.82. The van der Waals surface area contributed by atoms with Gasteiger partial charge in [0.2, 0.25) is 5.91 Å². The average Bonchev–Trinajstić information content (AvgIpc) is 3.29. The van der Waals surface area contributed by atoms with Crippen LogP contribution in [0.3, 0.4) is 0 Å².